The standard InChI is InChI=1S/C12H15BrClNO3/c13-4-6-17-7-5-15-12(16)9-18-11-3-1-2-10(14)8-11/h1-3,8H,4-7,9H2,(H,15,16). The fraction of sp³-hybridized carbons (Fsp3) is 0.417. The summed E-state index contributed by atoms with van der Waals surface area (Å²) in [6, 6.07) is 6.92. The third kappa shape index (κ3) is 6.83. The van der Waals surface area contributed by atoms with E-state index >= 15 is 0 Å². The first-order valence-electron chi connectivity index (χ1n) is 5.51. The molecule has 18 heavy (non-hydrogen) atoms. The zero-order valence-corrected chi connectivity index (χ0v) is 12.2. The minimum atomic E-state index is -0.183. The van der Waals surface area contributed by atoms with Gasteiger partial charge < -0.3 is 14.8 Å². The largest absolute Gasteiger partial charge is 0.484 e. The Morgan fingerprint density at radius 2 is 2.22 bits per heavy atom. The molecule has 0 bridgehead atoms. The lowest BCUT2D eigenvalue weighted by Gasteiger charge is -2.07. The molecule has 0 saturated heterocycles. The molecular weight excluding hydrogens is 321 g/mol. The van der Waals surface area contributed by atoms with Crippen molar-refractivity contribution in [3.8, 4) is 5.75 Å². The van der Waals surface area contributed by atoms with Crippen LogP contribution in [0.4, 0.5) is 0 Å². The molecule has 0 aliphatic carbocycles. The first-order valence-corrected chi connectivity index (χ1v) is 7.01. The van der Waals surface area contributed by atoms with Crippen molar-refractivity contribution in [3.63, 3.8) is 0 Å². The third-order valence-corrected chi connectivity index (χ3v) is 2.51. The SMILES string of the molecule is O=C(COc1cccc(Cl)c1)NCCOCCBr. The van der Waals surface area contributed by atoms with E-state index in [1.807, 2.05) is 0 Å². The molecule has 0 heterocycles. The monoisotopic (exact) mass is 335 g/mol. The summed E-state index contributed by atoms with van der Waals surface area (Å²) in [4.78, 5) is 11.4. The molecule has 0 fully saturated rings. The number of nitrogens with one attached hydrogen (secondary N) is 1. The van der Waals surface area contributed by atoms with Crippen molar-refractivity contribution in [1.29, 1.82) is 0 Å². The lowest BCUT2D eigenvalue weighted by Crippen LogP contribution is -2.31. The number of carbonyl (C=O) groups excluding carboxylic acids is 1. The van der Waals surface area contributed by atoms with Crippen LogP contribution in [0.5, 0.6) is 5.75 Å². The highest BCUT2D eigenvalue weighted by molar-refractivity contribution is 9.09. The Hall–Kier alpha value is -0.780. The Kier molecular flexibility index (Phi) is 7.80. The molecule has 100 valence electrons. The van der Waals surface area contributed by atoms with Gasteiger partial charge in [-0.3, -0.25) is 4.79 Å². The number of halogens is 2. The van der Waals surface area contributed by atoms with Gasteiger partial charge in [0.25, 0.3) is 5.91 Å². The molecule has 0 spiro atoms. The van der Waals surface area contributed by atoms with Gasteiger partial charge in [-0.05, 0) is 18.2 Å². The van der Waals surface area contributed by atoms with Crippen LogP contribution in [0.1, 0.15) is 0 Å². The van der Waals surface area contributed by atoms with Gasteiger partial charge >= 0.3 is 0 Å². The van der Waals surface area contributed by atoms with Crippen molar-refractivity contribution in [2.75, 3.05) is 31.7 Å². The maximum Gasteiger partial charge on any atom is 0.258 e. The highest BCUT2D eigenvalue weighted by Gasteiger charge is 2.02. The van der Waals surface area contributed by atoms with Crippen LogP contribution in [-0.2, 0) is 9.53 Å². The predicted octanol–water partition coefficient (Wildman–Crippen LogP) is 2.25. The average Bonchev–Trinajstić information content (AvgIpc) is 2.36. The van der Waals surface area contributed by atoms with Gasteiger partial charge in [0.1, 0.15) is 5.75 Å². The molecule has 1 N–H and O–H groups in total. The van der Waals surface area contributed by atoms with E-state index in [0.717, 1.165) is 5.33 Å². The molecule has 1 rings (SSSR count). The summed E-state index contributed by atoms with van der Waals surface area (Å²) in [5, 5.41) is 4.06. The van der Waals surface area contributed by atoms with Crippen LogP contribution in [0, 0.1) is 0 Å². The minimum absolute atomic E-state index is 0.0290. The minimum Gasteiger partial charge on any atom is -0.484 e. The van der Waals surface area contributed by atoms with E-state index in [2.05, 4.69) is 21.2 Å². The quantitative estimate of drug-likeness (QED) is 0.585. The average molecular weight is 337 g/mol. The van der Waals surface area contributed by atoms with Crippen LogP contribution in [0.2, 0.25) is 5.02 Å². The summed E-state index contributed by atoms with van der Waals surface area (Å²) in [7, 11) is 0. The van der Waals surface area contributed by atoms with Gasteiger partial charge in [0.15, 0.2) is 6.61 Å². The van der Waals surface area contributed by atoms with Crippen molar-refractivity contribution >= 4 is 33.4 Å². The number of amides is 1. The van der Waals surface area contributed by atoms with Gasteiger partial charge in [0, 0.05) is 16.9 Å². The molecule has 0 atom stereocenters. The Labute approximate surface area is 120 Å². The Bertz CT molecular complexity index is 376. The summed E-state index contributed by atoms with van der Waals surface area (Å²) in [5.41, 5.74) is 0. The fourth-order valence-electron chi connectivity index (χ4n) is 1.18. The van der Waals surface area contributed by atoms with Gasteiger partial charge in [-0.1, -0.05) is 33.6 Å². The molecule has 0 aliphatic heterocycles. The summed E-state index contributed by atoms with van der Waals surface area (Å²) < 4.78 is 10.5. The Balaban J connectivity index is 2.13. The number of carbonyl (C=O) groups is 1. The summed E-state index contributed by atoms with van der Waals surface area (Å²) in [6.07, 6.45) is 0. The molecule has 4 nitrogen and oxygen atoms in total. The Morgan fingerprint density at radius 1 is 1.39 bits per heavy atom. The van der Waals surface area contributed by atoms with Gasteiger partial charge in [0.2, 0.25) is 0 Å². The number of hydrogen-bond acceptors (Lipinski definition) is 3. The zero-order valence-electron chi connectivity index (χ0n) is 9.83. The van der Waals surface area contributed by atoms with E-state index in [4.69, 9.17) is 21.1 Å². The molecule has 0 radical (unpaired) electrons. The summed E-state index contributed by atoms with van der Waals surface area (Å²) in [5.74, 6) is 0.394. The molecule has 1 aromatic carbocycles. The fourth-order valence-corrected chi connectivity index (χ4v) is 1.59. The predicted molar refractivity (Wildman–Crippen MR) is 74.6 cm³/mol. The van der Waals surface area contributed by atoms with Crippen molar-refractivity contribution in [2.45, 2.75) is 0 Å². The zero-order chi connectivity index (χ0) is 13.2. The van der Waals surface area contributed by atoms with Gasteiger partial charge in [-0.25, -0.2) is 0 Å². The van der Waals surface area contributed by atoms with Crippen LogP contribution in [0.25, 0.3) is 0 Å². The molecule has 1 aromatic rings. The van der Waals surface area contributed by atoms with E-state index in [0.29, 0.717) is 30.5 Å². The second kappa shape index (κ2) is 9.19. The number of hydrogen-bond donors (Lipinski definition) is 1. The van der Waals surface area contributed by atoms with Crippen LogP contribution in [0.15, 0.2) is 24.3 Å². The maximum atomic E-state index is 11.4. The lowest BCUT2D eigenvalue weighted by atomic mass is 10.3. The molecular formula is C12H15BrClNO3. The van der Waals surface area contributed by atoms with Gasteiger partial charge in [0.05, 0.1) is 13.2 Å². The van der Waals surface area contributed by atoms with Crippen LogP contribution < -0.4 is 10.1 Å². The van der Waals surface area contributed by atoms with Crippen molar-refractivity contribution in [1.82, 2.24) is 5.32 Å². The number of ether oxygens (including phenoxy) is 2. The molecule has 0 aromatic heterocycles. The summed E-state index contributed by atoms with van der Waals surface area (Å²) in [6.45, 7) is 1.58. The highest BCUT2D eigenvalue weighted by Crippen LogP contribution is 2.16. The van der Waals surface area contributed by atoms with E-state index in [1.54, 1.807) is 24.3 Å². The molecule has 0 unspecified atom stereocenters. The number of alkyl halides is 1. The third-order valence-electron chi connectivity index (χ3n) is 1.96. The molecule has 0 saturated carbocycles. The van der Waals surface area contributed by atoms with Crippen LogP contribution in [-0.4, -0.2) is 37.6 Å². The smallest absolute Gasteiger partial charge is 0.258 e. The number of rotatable bonds is 8. The van der Waals surface area contributed by atoms with Gasteiger partial charge in [-0.2, -0.15) is 0 Å². The normalized spacial score (nSPS) is 10.1. The first-order chi connectivity index (χ1) is 8.72. The molecule has 6 heteroatoms. The highest BCUT2D eigenvalue weighted by atomic mass is 79.9. The maximum absolute atomic E-state index is 11.4. The van der Waals surface area contributed by atoms with E-state index in [1.165, 1.54) is 0 Å². The second-order valence-electron chi connectivity index (χ2n) is 3.40. The van der Waals surface area contributed by atoms with Crippen molar-refractivity contribution in [3.05, 3.63) is 29.3 Å². The van der Waals surface area contributed by atoms with Crippen molar-refractivity contribution < 1.29 is 14.3 Å². The topological polar surface area (TPSA) is 47.6 Å². The van der Waals surface area contributed by atoms with E-state index in [-0.39, 0.29) is 12.5 Å². The molecule has 1 amide bonds. The first kappa shape index (κ1) is 15.3. The molecule has 0 aliphatic rings. The van der Waals surface area contributed by atoms with Crippen molar-refractivity contribution in [2.24, 2.45) is 0 Å². The lowest BCUT2D eigenvalue weighted by molar-refractivity contribution is -0.123. The van der Waals surface area contributed by atoms with Crippen LogP contribution in [0.3, 0.4) is 0 Å². The second-order valence-corrected chi connectivity index (χ2v) is 4.63. The summed E-state index contributed by atoms with van der Waals surface area (Å²) >= 11 is 9.04. The van der Waals surface area contributed by atoms with E-state index in [9.17, 15) is 4.79 Å². The van der Waals surface area contributed by atoms with Gasteiger partial charge in [-0.15, -0.1) is 0 Å². The Morgan fingerprint density at radius 3 is 2.94 bits per heavy atom. The van der Waals surface area contributed by atoms with E-state index < -0.39 is 0 Å². The number of benzene rings is 1. The van der Waals surface area contributed by atoms with Crippen LogP contribution >= 0.6 is 27.5 Å².